The Morgan fingerprint density at radius 1 is 1.22 bits per heavy atom. The maximum Gasteiger partial charge on any atom is 0.319 e. The van der Waals surface area contributed by atoms with Crippen LogP contribution >= 0.6 is 11.3 Å². The van der Waals surface area contributed by atoms with Crippen LogP contribution in [-0.4, -0.2) is 36.2 Å². The zero-order valence-electron chi connectivity index (χ0n) is 15.7. The highest BCUT2D eigenvalue weighted by Crippen LogP contribution is 2.35. The van der Waals surface area contributed by atoms with Crippen LogP contribution in [0.25, 0.3) is 0 Å². The number of fused-ring (bicyclic) bond motifs is 2. The van der Waals surface area contributed by atoms with E-state index >= 15 is 0 Å². The summed E-state index contributed by atoms with van der Waals surface area (Å²) in [5, 5.41) is 8.29. The molecule has 3 heterocycles. The molecule has 5 nitrogen and oxygen atoms in total. The predicted octanol–water partition coefficient (Wildman–Crippen LogP) is 4.46. The van der Waals surface area contributed by atoms with Gasteiger partial charge < -0.3 is 15.4 Å². The summed E-state index contributed by atoms with van der Waals surface area (Å²) in [4.78, 5) is 16.6. The van der Waals surface area contributed by atoms with Crippen molar-refractivity contribution in [2.24, 2.45) is 0 Å². The molecule has 2 saturated heterocycles. The van der Waals surface area contributed by atoms with Gasteiger partial charge in [0.1, 0.15) is 5.75 Å². The Morgan fingerprint density at radius 3 is 2.74 bits per heavy atom. The number of carbonyl (C=O) groups is 1. The topological polar surface area (TPSA) is 53.6 Å². The van der Waals surface area contributed by atoms with Crippen molar-refractivity contribution in [3.63, 3.8) is 0 Å². The summed E-state index contributed by atoms with van der Waals surface area (Å²) in [6.45, 7) is 1.05. The average Bonchev–Trinajstić information content (AvgIpc) is 3.15. The summed E-state index contributed by atoms with van der Waals surface area (Å²) in [7, 11) is 1.63. The normalized spacial score (nSPS) is 25.0. The van der Waals surface area contributed by atoms with Crippen LogP contribution in [0, 0.1) is 0 Å². The van der Waals surface area contributed by atoms with Gasteiger partial charge in [-0.1, -0.05) is 18.6 Å². The smallest absolute Gasteiger partial charge is 0.319 e. The monoisotopic (exact) mass is 385 g/mol. The van der Waals surface area contributed by atoms with Crippen molar-refractivity contribution in [2.45, 2.75) is 56.8 Å². The molecule has 1 aromatic heterocycles. The number of benzene rings is 1. The molecule has 2 N–H and O–H groups in total. The van der Waals surface area contributed by atoms with E-state index in [9.17, 15) is 4.79 Å². The van der Waals surface area contributed by atoms with Crippen molar-refractivity contribution in [1.29, 1.82) is 0 Å². The first-order valence-corrected chi connectivity index (χ1v) is 10.6. The van der Waals surface area contributed by atoms with E-state index in [0.717, 1.165) is 30.8 Å². The van der Waals surface area contributed by atoms with Gasteiger partial charge >= 0.3 is 6.03 Å². The first-order valence-electron chi connectivity index (χ1n) is 9.71. The number of amides is 2. The molecule has 0 aliphatic carbocycles. The molecule has 2 aromatic rings. The van der Waals surface area contributed by atoms with E-state index in [0.29, 0.717) is 12.1 Å². The molecular formula is C21H27N3O2S. The maximum atomic E-state index is 12.5. The second kappa shape index (κ2) is 8.31. The number of nitrogens with zero attached hydrogens (tertiary/aromatic N) is 1. The van der Waals surface area contributed by atoms with Crippen LogP contribution in [0.2, 0.25) is 0 Å². The quantitative estimate of drug-likeness (QED) is 0.799. The van der Waals surface area contributed by atoms with Gasteiger partial charge in [-0.3, -0.25) is 4.90 Å². The van der Waals surface area contributed by atoms with Gasteiger partial charge in [-0.25, -0.2) is 4.79 Å². The number of anilines is 1. The zero-order valence-corrected chi connectivity index (χ0v) is 16.5. The summed E-state index contributed by atoms with van der Waals surface area (Å²) in [5.41, 5.74) is 0.752. The molecule has 2 bridgehead atoms. The molecule has 2 aliphatic rings. The molecule has 2 atom stereocenters. The highest BCUT2D eigenvalue weighted by Gasteiger charge is 2.38. The van der Waals surface area contributed by atoms with E-state index in [1.54, 1.807) is 7.11 Å². The molecule has 0 spiro atoms. The number of piperidine rings is 2. The van der Waals surface area contributed by atoms with Crippen LogP contribution in [0.4, 0.5) is 10.5 Å². The summed E-state index contributed by atoms with van der Waals surface area (Å²) < 4.78 is 5.22. The summed E-state index contributed by atoms with van der Waals surface area (Å²) in [6, 6.07) is 13.1. The van der Waals surface area contributed by atoms with Gasteiger partial charge in [0.05, 0.1) is 7.11 Å². The van der Waals surface area contributed by atoms with Crippen molar-refractivity contribution >= 4 is 23.1 Å². The molecule has 1 aromatic carbocycles. The fourth-order valence-corrected chi connectivity index (χ4v) is 5.20. The highest BCUT2D eigenvalue weighted by molar-refractivity contribution is 7.09. The van der Waals surface area contributed by atoms with E-state index in [4.69, 9.17) is 4.74 Å². The molecule has 0 unspecified atom stereocenters. The van der Waals surface area contributed by atoms with Crippen LogP contribution < -0.4 is 15.4 Å². The number of nitrogens with one attached hydrogen (secondary N) is 2. The predicted molar refractivity (Wildman–Crippen MR) is 109 cm³/mol. The lowest BCUT2D eigenvalue weighted by molar-refractivity contribution is 0.0208. The van der Waals surface area contributed by atoms with Gasteiger partial charge in [-0.15, -0.1) is 11.3 Å². The molecule has 4 rings (SSSR count). The van der Waals surface area contributed by atoms with Gasteiger partial charge in [0.25, 0.3) is 0 Å². The standard InChI is InChI=1S/C21H27N3O2S/c1-26-19-8-2-5-15(13-19)22-21(25)23-16-11-17-6-3-7-18(12-16)24(17)14-20-9-4-10-27-20/h2,4-5,8-10,13,16-18H,3,6-7,11-12,14H2,1H3,(H2,22,23,25)/t17-,18-/m1/s1. The maximum absolute atomic E-state index is 12.5. The number of ether oxygens (including phenoxy) is 1. The van der Waals surface area contributed by atoms with Crippen LogP contribution in [0.1, 0.15) is 37.0 Å². The first kappa shape index (κ1) is 18.3. The van der Waals surface area contributed by atoms with Gasteiger partial charge in [-0.2, -0.15) is 0 Å². The first-order chi connectivity index (χ1) is 13.2. The Balaban J connectivity index is 1.34. The molecule has 2 amide bonds. The average molecular weight is 386 g/mol. The van der Waals surface area contributed by atoms with E-state index in [1.165, 1.54) is 24.1 Å². The van der Waals surface area contributed by atoms with Crippen LogP contribution in [0.3, 0.4) is 0 Å². The molecule has 144 valence electrons. The minimum Gasteiger partial charge on any atom is -0.497 e. The minimum absolute atomic E-state index is 0.127. The number of rotatable bonds is 5. The Hall–Kier alpha value is -2.05. The fourth-order valence-electron chi connectivity index (χ4n) is 4.49. The van der Waals surface area contributed by atoms with E-state index < -0.39 is 0 Å². The Bertz CT molecular complexity index is 751. The largest absolute Gasteiger partial charge is 0.497 e. The number of carbonyl (C=O) groups excluding carboxylic acids is 1. The van der Waals surface area contributed by atoms with Crippen molar-refractivity contribution in [1.82, 2.24) is 10.2 Å². The summed E-state index contributed by atoms with van der Waals surface area (Å²) >= 11 is 1.84. The third-order valence-electron chi connectivity index (χ3n) is 5.71. The van der Waals surface area contributed by atoms with Crippen molar-refractivity contribution < 1.29 is 9.53 Å². The Labute approximate surface area is 164 Å². The lowest BCUT2D eigenvalue weighted by Gasteiger charge is -2.48. The number of hydrogen-bond acceptors (Lipinski definition) is 4. The van der Waals surface area contributed by atoms with Crippen LogP contribution in [0.5, 0.6) is 5.75 Å². The number of urea groups is 1. The van der Waals surface area contributed by atoms with Gasteiger partial charge in [0, 0.05) is 41.3 Å². The number of hydrogen-bond donors (Lipinski definition) is 2. The van der Waals surface area contributed by atoms with Gasteiger partial charge in [0.15, 0.2) is 0 Å². The van der Waals surface area contributed by atoms with Crippen molar-refractivity contribution in [3.05, 3.63) is 46.7 Å². The highest BCUT2D eigenvalue weighted by atomic mass is 32.1. The lowest BCUT2D eigenvalue weighted by Crippen LogP contribution is -2.56. The molecule has 0 radical (unpaired) electrons. The Kier molecular flexibility index (Phi) is 5.64. The third kappa shape index (κ3) is 4.45. The number of thiophene rings is 1. The zero-order chi connectivity index (χ0) is 18.6. The van der Waals surface area contributed by atoms with E-state index in [-0.39, 0.29) is 12.1 Å². The fraction of sp³-hybridized carbons (Fsp3) is 0.476. The molecule has 0 saturated carbocycles. The minimum atomic E-state index is -0.127. The molecule has 2 aliphatic heterocycles. The van der Waals surface area contributed by atoms with E-state index in [1.807, 2.05) is 35.6 Å². The van der Waals surface area contributed by atoms with Crippen LogP contribution in [-0.2, 0) is 6.54 Å². The van der Waals surface area contributed by atoms with E-state index in [2.05, 4.69) is 33.0 Å². The molecular weight excluding hydrogens is 358 g/mol. The second-order valence-corrected chi connectivity index (χ2v) is 8.52. The summed E-state index contributed by atoms with van der Waals surface area (Å²) in [6.07, 6.45) is 5.84. The SMILES string of the molecule is COc1cccc(NC(=O)NC2C[C@H]3CCC[C@H](C2)N3Cc2cccs2)c1. The third-order valence-corrected chi connectivity index (χ3v) is 6.57. The molecule has 27 heavy (non-hydrogen) atoms. The number of methoxy groups -OCH3 is 1. The molecule has 6 heteroatoms. The van der Waals surface area contributed by atoms with Crippen LogP contribution in [0.15, 0.2) is 41.8 Å². The molecule has 2 fully saturated rings. The Morgan fingerprint density at radius 2 is 2.04 bits per heavy atom. The van der Waals surface area contributed by atoms with Gasteiger partial charge in [0.2, 0.25) is 0 Å². The lowest BCUT2D eigenvalue weighted by atomic mass is 9.81. The second-order valence-electron chi connectivity index (χ2n) is 7.49. The van der Waals surface area contributed by atoms with Crippen molar-refractivity contribution in [3.8, 4) is 5.75 Å². The van der Waals surface area contributed by atoms with Crippen molar-refractivity contribution in [2.75, 3.05) is 12.4 Å². The summed E-state index contributed by atoms with van der Waals surface area (Å²) in [5.74, 6) is 0.740. The van der Waals surface area contributed by atoms with Gasteiger partial charge in [-0.05, 0) is 49.3 Å².